The van der Waals surface area contributed by atoms with E-state index in [1.54, 1.807) is 32.9 Å². The fourth-order valence-electron chi connectivity index (χ4n) is 3.25. The number of carbonyl (C=O) groups excluding carboxylic acids is 4. The molecule has 11 heteroatoms. The summed E-state index contributed by atoms with van der Waals surface area (Å²) in [5, 5.41) is 15.2. The van der Waals surface area contributed by atoms with Crippen LogP contribution in [0.1, 0.15) is 52.1 Å². The van der Waals surface area contributed by atoms with Crippen molar-refractivity contribution < 1.29 is 33.8 Å². The van der Waals surface area contributed by atoms with Crippen molar-refractivity contribution in [3.63, 3.8) is 0 Å². The van der Waals surface area contributed by atoms with E-state index in [2.05, 4.69) is 15.4 Å². The topological polar surface area (TPSA) is 134 Å². The zero-order valence-electron chi connectivity index (χ0n) is 21.3. The first-order valence-electron chi connectivity index (χ1n) is 11.4. The molecular weight excluding hydrogens is 474 g/mol. The highest BCUT2D eigenvalue weighted by molar-refractivity contribution is 7.98. The number of hydrogen-bond donors (Lipinski definition) is 3. The van der Waals surface area contributed by atoms with Crippen LogP contribution in [0.25, 0.3) is 0 Å². The average molecular weight is 512 g/mol. The van der Waals surface area contributed by atoms with Gasteiger partial charge >= 0.3 is 12.1 Å². The van der Waals surface area contributed by atoms with Gasteiger partial charge in [0.1, 0.15) is 30.0 Å². The van der Waals surface area contributed by atoms with Gasteiger partial charge in [-0.3, -0.25) is 14.4 Å². The highest BCUT2D eigenvalue weighted by Gasteiger charge is 2.36. The van der Waals surface area contributed by atoms with Gasteiger partial charge in [-0.15, -0.1) is 0 Å². The molecule has 0 saturated heterocycles. The van der Waals surface area contributed by atoms with E-state index in [9.17, 15) is 24.3 Å². The number of rotatable bonds is 12. The van der Waals surface area contributed by atoms with E-state index in [1.165, 1.54) is 35.9 Å². The number of alkyl carbamates (subject to hydrolysis) is 1. The van der Waals surface area contributed by atoms with Crippen LogP contribution in [0.3, 0.4) is 0 Å². The molecule has 0 bridgehead atoms. The van der Waals surface area contributed by atoms with Crippen LogP contribution in [-0.2, 0) is 23.9 Å². The lowest BCUT2D eigenvalue weighted by atomic mass is 10.0. The van der Waals surface area contributed by atoms with Gasteiger partial charge in [-0.05, 0) is 63.3 Å². The van der Waals surface area contributed by atoms with Crippen LogP contribution in [0.4, 0.5) is 4.79 Å². The third-order valence-electron chi connectivity index (χ3n) is 4.73. The molecule has 35 heavy (non-hydrogen) atoms. The smallest absolute Gasteiger partial charge is 0.408 e. The monoisotopic (exact) mass is 511 g/mol. The number of aromatic hydroxyl groups is 1. The van der Waals surface area contributed by atoms with E-state index >= 15 is 0 Å². The number of carbonyl (C=O) groups is 4. The number of esters is 1. The molecule has 2 unspecified atom stereocenters. The highest BCUT2D eigenvalue weighted by atomic mass is 32.2. The van der Waals surface area contributed by atoms with Crippen molar-refractivity contribution in [2.75, 3.05) is 32.2 Å². The van der Waals surface area contributed by atoms with Crippen molar-refractivity contribution in [1.82, 2.24) is 15.5 Å². The second-order valence-electron chi connectivity index (χ2n) is 8.80. The molecule has 196 valence electrons. The molecule has 0 heterocycles. The van der Waals surface area contributed by atoms with Gasteiger partial charge in [0.2, 0.25) is 11.8 Å². The Morgan fingerprint density at radius 2 is 1.89 bits per heavy atom. The minimum atomic E-state index is -1.16. The molecule has 0 aromatic heterocycles. The molecule has 0 radical (unpaired) electrons. The summed E-state index contributed by atoms with van der Waals surface area (Å²) in [5.74, 6) is -1.25. The third-order valence-corrected chi connectivity index (χ3v) is 5.37. The Bertz CT molecular complexity index is 873. The summed E-state index contributed by atoms with van der Waals surface area (Å²) >= 11 is 1.51. The van der Waals surface area contributed by atoms with Crippen LogP contribution >= 0.6 is 11.8 Å². The molecule has 0 aliphatic heterocycles. The molecule has 2 atom stereocenters. The summed E-state index contributed by atoms with van der Waals surface area (Å²) in [6.07, 6.45) is 1.98. The Morgan fingerprint density at radius 1 is 1.20 bits per heavy atom. The van der Waals surface area contributed by atoms with E-state index in [0.717, 1.165) is 0 Å². The number of nitrogens with zero attached hydrogens (tertiary/aromatic N) is 1. The van der Waals surface area contributed by atoms with Crippen molar-refractivity contribution in [3.8, 4) is 5.75 Å². The second-order valence-corrected chi connectivity index (χ2v) is 9.79. The number of nitrogens with one attached hydrogen (secondary N) is 2. The van der Waals surface area contributed by atoms with Crippen LogP contribution in [-0.4, -0.2) is 77.7 Å². The van der Waals surface area contributed by atoms with Gasteiger partial charge in [0.05, 0.1) is 7.11 Å². The van der Waals surface area contributed by atoms with Gasteiger partial charge in [0.25, 0.3) is 0 Å². The number of hydrogen-bond acceptors (Lipinski definition) is 8. The SMILES string of the molecule is CCCN(C(=O)C(CCSC)NC(=O)OC(C)(C)C)C(C(=O)NCC(=O)OC)c1cccc(O)c1. The van der Waals surface area contributed by atoms with Crippen molar-refractivity contribution in [2.24, 2.45) is 0 Å². The number of methoxy groups -OCH3 is 1. The van der Waals surface area contributed by atoms with Gasteiger partial charge in [0.15, 0.2) is 0 Å². The Kier molecular flexibility index (Phi) is 12.4. The standard InChI is InChI=1S/C24H37N3O7S/c1-7-12-27(22(31)18(11-13-35-6)26-23(32)34-24(2,3)4)20(16-9-8-10-17(28)14-16)21(30)25-15-19(29)33-5/h8-10,14,18,20,28H,7,11-13,15H2,1-6H3,(H,25,30)(H,26,32). The van der Waals surface area contributed by atoms with E-state index in [4.69, 9.17) is 4.74 Å². The molecule has 3 amide bonds. The van der Waals surface area contributed by atoms with Crippen molar-refractivity contribution in [1.29, 1.82) is 0 Å². The molecule has 0 aliphatic carbocycles. The normalized spacial score (nSPS) is 12.7. The fourth-order valence-corrected chi connectivity index (χ4v) is 3.72. The number of amides is 3. The maximum Gasteiger partial charge on any atom is 0.408 e. The maximum absolute atomic E-state index is 13.8. The van der Waals surface area contributed by atoms with Crippen molar-refractivity contribution in [2.45, 2.75) is 58.2 Å². The predicted molar refractivity (Wildman–Crippen MR) is 134 cm³/mol. The van der Waals surface area contributed by atoms with E-state index < -0.39 is 41.6 Å². The molecule has 1 aromatic carbocycles. The van der Waals surface area contributed by atoms with Crippen LogP contribution in [0.15, 0.2) is 24.3 Å². The quantitative estimate of drug-likeness (QED) is 0.365. The van der Waals surface area contributed by atoms with E-state index in [1.807, 2.05) is 13.2 Å². The molecule has 0 fully saturated rings. The number of benzene rings is 1. The van der Waals surface area contributed by atoms with Gasteiger partial charge in [-0.25, -0.2) is 4.79 Å². The van der Waals surface area contributed by atoms with Crippen LogP contribution in [0.5, 0.6) is 5.75 Å². The van der Waals surface area contributed by atoms with Crippen molar-refractivity contribution >= 4 is 35.6 Å². The Morgan fingerprint density at radius 3 is 2.43 bits per heavy atom. The fraction of sp³-hybridized carbons (Fsp3) is 0.583. The second kappa shape index (κ2) is 14.4. The summed E-state index contributed by atoms with van der Waals surface area (Å²) in [7, 11) is 1.20. The molecular formula is C24H37N3O7S. The lowest BCUT2D eigenvalue weighted by Gasteiger charge is -2.34. The molecule has 0 spiro atoms. The molecule has 3 N–H and O–H groups in total. The van der Waals surface area contributed by atoms with Crippen LogP contribution in [0, 0.1) is 0 Å². The summed E-state index contributed by atoms with van der Waals surface area (Å²) in [6, 6.07) is 3.90. The molecule has 0 saturated carbocycles. The molecule has 1 aromatic rings. The minimum Gasteiger partial charge on any atom is -0.508 e. The van der Waals surface area contributed by atoms with E-state index in [0.29, 0.717) is 24.2 Å². The lowest BCUT2D eigenvalue weighted by Crippen LogP contribution is -2.53. The first-order chi connectivity index (χ1) is 16.4. The van der Waals surface area contributed by atoms with Crippen LogP contribution < -0.4 is 10.6 Å². The highest BCUT2D eigenvalue weighted by Crippen LogP contribution is 2.26. The molecule has 1 rings (SSSR count). The predicted octanol–water partition coefficient (Wildman–Crippen LogP) is 2.61. The number of phenols is 1. The Hall–Kier alpha value is -2.95. The summed E-state index contributed by atoms with van der Waals surface area (Å²) in [5.41, 5.74) is -0.395. The largest absolute Gasteiger partial charge is 0.508 e. The Labute approximate surface area is 211 Å². The maximum atomic E-state index is 13.8. The first kappa shape index (κ1) is 30.1. The first-order valence-corrected chi connectivity index (χ1v) is 12.7. The van der Waals surface area contributed by atoms with Gasteiger partial charge < -0.3 is 30.1 Å². The summed E-state index contributed by atoms with van der Waals surface area (Å²) in [4.78, 5) is 52.4. The Balaban J connectivity index is 3.37. The minimum absolute atomic E-state index is 0.0806. The summed E-state index contributed by atoms with van der Waals surface area (Å²) < 4.78 is 9.92. The van der Waals surface area contributed by atoms with Gasteiger partial charge in [-0.1, -0.05) is 19.1 Å². The van der Waals surface area contributed by atoms with Gasteiger partial charge in [-0.2, -0.15) is 11.8 Å². The van der Waals surface area contributed by atoms with Crippen LogP contribution in [0.2, 0.25) is 0 Å². The lowest BCUT2D eigenvalue weighted by molar-refractivity contribution is -0.144. The number of ether oxygens (including phenoxy) is 2. The molecule has 0 aliphatic rings. The third kappa shape index (κ3) is 10.5. The average Bonchev–Trinajstić information content (AvgIpc) is 2.78. The molecule has 10 nitrogen and oxygen atoms in total. The number of phenolic OH excluding ortho intramolecular Hbond substituents is 1. The zero-order chi connectivity index (χ0) is 26.6. The van der Waals surface area contributed by atoms with E-state index in [-0.39, 0.29) is 18.8 Å². The summed E-state index contributed by atoms with van der Waals surface area (Å²) in [6.45, 7) is 6.82. The number of thioether (sulfide) groups is 1. The zero-order valence-corrected chi connectivity index (χ0v) is 22.1. The van der Waals surface area contributed by atoms with Crippen molar-refractivity contribution in [3.05, 3.63) is 29.8 Å². The van der Waals surface area contributed by atoms with Gasteiger partial charge in [0, 0.05) is 6.54 Å².